The van der Waals surface area contributed by atoms with Crippen molar-refractivity contribution in [1.82, 2.24) is 4.90 Å². The molecule has 0 aromatic carbocycles. The van der Waals surface area contributed by atoms with E-state index in [1.807, 2.05) is 11.0 Å². The summed E-state index contributed by atoms with van der Waals surface area (Å²) in [5.41, 5.74) is 0.752. The number of nitrogens with zero attached hydrogens (tertiary/aromatic N) is 1. The van der Waals surface area contributed by atoms with Crippen molar-refractivity contribution >= 4 is 5.91 Å². The Labute approximate surface area is 136 Å². The third kappa shape index (κ3) is 5.28. The summed E-state index contributed by atoms with van der Waals surface area (Å²) < 4.78 is 0. The molecule has 22 heavy (non-hydrogen) atoms. The van der Waals surface area contributed by atoms with Crippen LogP contribution in [0.25, 0.3) is 0 Å². The van der Waals surface area contributed by atoms with Crippen LogP contribution < -0.4 is 0 Å². The third-order valence-corrected chi connectivity index (χ3v) is 4.55. The topological polar surface area (TPSA) is 40.5 Å². The second-order valence-corrected chi connectivity index (χ2v) is 6.63. The minimum absolute atomic E-state index is 0.117. The van der Waals surface area contributed by atoms with Crippen LogP contribution in [0, 0.1) is 0 Å². The molecular weight excluding hydrogens is 274 g/mol. The predicted octanol–water partition coefficient (Wildman–Crippen LogP) is 4.22. The molecular formula is C19H33NO2. The van der Waals surface area contributed by atoms with Gasteiger partial charge in [-0.2, -0.15) is 0 Å². The number of aliphatic hydroxyl groups excluding tert-OH is 1. The molecule has 1 amide bonds. The van der Waals surface area contributed by atoms with Crippen molar-refractivity contribution in [3.8, 4) is 0 Å². The fraction of sp³-hybridized carbons (Fsp3) is 0.737. The lowest BCUT2D eigenvalue weighted by Gasteiger charge is -2.40. The minimum Gasteiger partial charge on any atom is -0.388 e. The van der Waals surface area contributed by atoms with Crippen LogP contribution in [0.3, 0.4) is 0 Å². The molecule has 0 saturated carbocycles. The molecule has 0 aliphatic heterocycles. The highest BCUT2D eigenvalue weighted by atomic mass is 16.3. The fourth-order valence-corrected chi connectivity index (χ4v) is 3.11. The average Bonchev–Trinajstić information content (AvgIpc) is 2.49. The Balaban J connectivity index is 2.60. The Morgan fingerprint density at radius 3 is 2.55 bits per heavy atom. The monoisotopic (exact) mass is 307 g/mol. The normalized spacial score (nSPS) is 22.3. The number of hydrogen-bond donors (Lipinski definition) is 1. The number of hydrogen-bond acceptors (Lipinski definition) is 2. The Hall–Kier alpha value is -1.09. The number of rotatable bonds is 9. The molecule has 3 nitrogen and oxygen atoms in total. The molecule has 1 rings (SSSR count). The zero-order chi connectivity index (χ0) is 16.6. The van der Waals surface area contributed by atoms with Crippen molar-refractivity contribution in [3.05, 3.63) is 23.8 Å². The van der Waals surface area contributed by atoms with E-state index in [4.69, 9.17) is 0 Å². The van der Waals surface area contributed by atoms with Gasteiger partial charge in [-0.05, 0) is 31.8 Å². The summed E-state index contributed by atoms with van der Waals surface area (Å²) >= 11 is 0. The summed E-state index contributed by atoms with van der Waals surface area (Å²) in [6, 6.07) is 0. The molecule has 0 aromatic rings. The Morgan fingerprint density at radius 2 is 2.05 bits per heavy atom. The van der Waals surface area contributed by atoms with E-state index in [-0.39, 0.29) is 17.6 Å². The first kappa shape index (κ1) is 19.0. The van der Waals surface area contributed by atoms with Crippen LogP contribution >= 0.6 is 0 Å². The van der Waals surface area contributed by atoms with Crippen LogP contribution in [0.2, 0.25) is 0 Å². The Bertz CT molecular complexity index is 414. The summed E-state index contributed by atoms with van der Waals surface area (Å²) in [5.74, 6) is 0.117. The van der Waals surface area contributed by atoms with Gasteiger partial charge in [-0.1, -0.05) is 57.8 Å². The first-order chi connectivity index (χ1) is 10.4. The molecule has 0 aromatic heterocycles. The van der Waals surface area contributed by atoms with Crippen molar-refractivity contribution in [2.75, 3.05) is 6.54 Å². The van der Waals surface area contributed by atoms with E-state index >= 15 is 0 Å². The first-order valence-corrected chi connectivity index (χ1v) is 8.80. The van der Waals surface area contributed by atoms with E-state index in [9.17, 15) is 9.90 Å². The second kappa shape index (κ2) is 9.14. The predicted molar refractivity (Wildman–Crippen MR) is 92.7 cm³/mol. The van der Waals surface area contributed by atoms with E-state index in [1.165, 1.54) is 19.3 Å². The number of carbonyl (C=O) groups is 1. The molecule has 126 valence electrons. The maximum absolute atomic E-state index is 11.9. The van der Waals surface area contributed by atoms with E-state index < -0.39 is 0 Å². The molecule has 1 N–H and O–H groups in total. The number of amides is 1. The van der Waals surface area contributed by atoms with Crippen LogP contribution in [0.1, 0.15) is 72.6 Å². The zero-order valence-electron chi connectivity index (χ0n) is 14.8. The van der Waals surface area contributed by atoms with Gasteiger partial charge in [0.1, 0.15) is 0 Å². The lowest BCUT2D eigenvalue weighted by atomic mass is 9.86. The maximum atomic E-state index is 11.9. The van der Waals surface area contributed by atoms with Crippen LogP contribution in [-0.2, 0) is 4.79 Å². The van der Waals surface area contributed by atoms with Crippen molar-refractivity contribution in [2.45, 2.75) is 84.3 Å². The summed E-state index contributed by atoms with van der Waals surface area (Å²) in [6.45, 7) is 8.80. The highest BCUT2D eigenvalue weighted by molar-refractivity contribution is 5.74. The molecule has 0 saturated heterocycles. The molecule has 3 heteroatoms. The van der Waals surface area contributed by atoms with Gasteiger partial charge in [-0.3, -0.25) is 4.79 Å². The van der Waals surface area contributed by atoms with Gasteiger partial charge in [0.15, 0.2) is 0 Å². The lowest BCUT2D eigenvalue weighted by molar-refractivity contribution is -0.133. The van der Waals surface area contributed by atoms with E-state index in [0.29, 0.717) is 0 Å². The van der Waals surface area contributed by atoms with Gasteiger partial charge in [-0.15, -0.1) is 0 Å². The van der Waals surface area contributed by atoms with E-state index in [2.05, 4.69) is 32.9 Å². The maximum Gasteiger partial charge on any atom is 0.220 e. The quantitative estimate of drug-likeness (QED) is 0.648. The molecule has 0 fully saturated rings. The van der Waals surface area contributed by atoms with Crippen molar-refractivity contribution in [1.29, 1.82) is 0 Å². The molecule has 1 aliphatic rings. The average molecular weight is 307 g/mol. The summed E-state index contributed by atoms with van der Waals surface area (Å²) in [7, 11) is 0. The van der Waals surface area contributed by atoms with Gasteiger partial charge in [0.05, 0.1) is 11.6 Å². The van der Waals surface area contributed by atoms with Gasteiger partial charge in [-0.25, -0.2) is 0 Å². The number of unbranched alkanes of at least 4 members (excludes halogenated alkanes) is 3. The third-order valence-electron chi connectivity index (χ3n) is 4.55. The molecule has 1 unspecified atom stereocenters. The van der Waals surface area contributed by atoms with Crippen LogP contribution in [0.4, 0.5) is 0 Å². The van der Waals surface area contributed by atoms with Gasteiger partial charge in [0, 0.05) is 13.5 Å². The second-order valence-electron chi connectivity index (χ2n) is 6.63. The molecule has 1 aliphatic carbocycles. The lowest BCUT2D eigenvalue weighted by Crippen LogP contribution is -2.48. The molecule has 0 spiro atoms. The standard InChI is InChI=1S/C19H33NO2/c1-5-7-8-9-10-18(22)17-11-13-19(4,14-12-17)20(15-6-2)16(3)21/h11-13,18,22H,5-10,14-15H2,1-4H3/t18?,19-/m0/s1. The van der Waals surface area contributed by atoms with Crippen LogP contribution in [0.5, 0.6) is 0 Å². The largest absolute Gasteiger partial charge is 0.388 e. The Morgan fingerprint density at radius 1 is 1.32 bits per heavy atom. The first-order valence-electron chi connectivity index (χ1n) is 8.80. The van der Waals surface area contributed by atoms with E-state index in [0.717, 1.165) is 37.8 Å². The van der Waals surface area contributed by atoms with Gasteiger partial charge in [0.2, 0.25) is 5.91 Å². The van der Waals surface area contributed by atoms with Crippen molar-refractivity contribution in [3.63, 3.8) is 0 Å². The summed E-state index contributed by atoms with van der Waals surface area (Å²) in [6.07, 6.45) is 13.1. The number of carbonyl (C=O) groups excluding carboxylic acids is 1. The molecule has 2 atom stereocenters. The highest BCUT2D eigenvalue weighted by Crippen LogP contribution is 2.29. The minimum atomic E-state index is -0.366. The summed E-state index contributed by atoms with van der Waals surface area (Å²) in [4.78, 5) is 13.8. The molecule has 0 radical (unpaired) electrons. The summed E-state index contributed by atoms with van der Waals surface area (Å²) in [5, 5.41) is 10.3. The van der Waals surface area contributed by atoms with Crippen molar-refractivity contribution in [2.24, 2.45) is 0 Å². The van der Waals surface area contributed by atoms with Crippen LogP contribution in [0.15, 0.2) is 23.8 Å². The molecule has 0 bridgehead atoms. The van der Waals surface area contributed by atoms with Crippen LogP contribution in [-0.4, -0.2) is 34.1 Å². The van der Waals surface area contributed by atoms with Gasteiger partial charge in [0.25, 0.3) is 0 Å². The smallest absolute Gasteiger partial charge is 0.220 e. The number of aliphatic hydroxyl groups is 1. The zero-order valence-corrected chi connectivity index (χ0v) is 14.8. The Kier molecular flexibility index (Phi) is 7.88. The van der Waals surface area contributed by atoms with Gasteiger partial charge < -0.3 is 10.0 Å². The highest BCUT2D eigenvalue weighted by Gasteiger charge is 2.32. The SMILES string of the molecule is CCCCCCC(O)C1=CC[C@@](C)(N(CCC)C(C)=O)C=C1. The van der Waals surface area contributed by atoms with Gasteiger partial charge >= 0.3 is 0 Å². The molecule has 0 heterocycles. The van der Waals surface area contributed by atoms with Crippen molar-refractivity contribution < 1.29 is 9.90 Å². The van der Waals surface area contributed by atoms with E-state index in [1.54, 1.807) is 6.92 Å². The fourth-order valence-electron chi connectivity index (χ4n) is 3.11.